The quantitative estimate of drug-likeness (QED) is 0.854. The van der Waals surface area contributed by atoms with Crippen LogP contribution in [0.2, 0.25) is 10.0 Å². The summed E-state index contributed by atoms with van der Waals surface area (Å²) in [6.07, 6.45) is 1.55. The smallest absolute Gasteiger partial charge is 0.255 e. The van der Waals surface area contributed by atoms with E-state index in [-0.39, 0.29) is 29.2 Å². The number of nitrogens with two attached hydrogens (primary N) is 1. The van der Waals surface area contributed by atoms with Crippen LogP contribution >= 0.6 is 35.6 Å². The summed E-state index contributed by atoms with van der Waals surface area (Å²) < 4.78 is 0. The zero-order valence-electron chi connectivity index (χ0n) is 13.5. The van der Waals surface area contributed by atoms with Gasteiger partial charge in [0.2, 0.25) is 5.91 Å². The first-order valence-electron chi connectivity index (χ1n) is 7.73. The minimum Gasteiger partial charge on any atom is -0.338 e. The fourth-order valence-corrected chi connectivity index (χ4v) is 3.02. The topological polar surface area (TPSA) is 66.6 Å². The largest absolute Gasteiger partial charge is 0.338 e. The predicted octanol–water partition coefficient (Wildman–Crippen LogP) is 2.83. The minimum absolute atomic E-state index is 0. The normalized spacial score (nSPS) is 15.7. The van der Waals surface area contributed by atoms with Crippen molar-refractivity contribution < 1.29 is 9.59 Å². The molecule has 1 fully saturated rings. The molecule has 134 valence electrons. The minimum atomic E-state index is -0.454. The van der Waals surface area contributed by atoms with Crippen LogP contribution in [0.5, 0.6) is 0 Å². The lowest BCUT2D eigenvalue weighted by Crippen LogP contribution is -2.54. The first-order chi connectivity index (χ1) is 11.0. The van der Waals surface area contributed by atoms with E-state index in [1.165, 1.54) is 0 Å². The van der Waals surface area contributed by atoms with Gasteiger partial charge in [0.15, 0.2) is 0 Å². The number of piperazine rings is 1. The molecule has 8 heteroatoms. The van der Waals surface area contributed by atoms with Gasteiger partial charge < -0.3 is 15.5 Å². The Morgan fingerprint density at radius 1 is 1.17 bits per heavy atom. The fraction of sp³-hybridized carbons (Fsp3) is 0.500. The Kier molecular flexibility index (Phi) is 8.30. The van der Waals surface area contributed by atoms with Crippen molar-refractivity contribution in [1.29, 1.82) is 0 Å². The molecular formula is C16H22Cl3N3O2. The lowest BCUT2D eigenvalue weighted by Gasteiger charge is -2.36. The Hall–Kier alpha value is -1.01. The van der Waals surface area contributed by atoms with Crippen LogP contribution in [0.1, 0.15) is 30.1 Å². The number of benzene rings is 1. The monoisotopic (exact) mass is 393 g/mol. The lowest BCUT2D eigenvalue weighted by molar-refractivity contribution is -0.134. The third-order valence-corrected chi connectivity index (χ3v) is 4.80. The average Bonchev–Trinajstić information content (AvgIpc) is 2.56. The highest BCUT2D eigenvalue weighted by Gasteiger charge is 2.28. The van der Waals surface area contributed by atoms with Crippen molar-refractivity contribution in [3.63, 3.8) is 0 Å². The number of amides is 2. The Labute approximate surface area is 158 Å². The molecule has 0 radical (unpaired) electrons. The van der Waals surface area contributed by atoms with Gasteiger partial charge in [-0.1, -0.05) is 42.6 Å². The molecule has 1 aromatic carbocycles. The molecule has 0 spiro atoms. The van der Waals surface area contributed by atoms with Gasteiger partial charge in [-0.05, 0) is 18.6 Å². The summed E-state index contributed by atoms with van der Waals surface area (Å²) in [6, 6.07) is 4.55. The van der Waals surface area contributed by atoms with Crippen LogP contribution in [-0.2, 0) is 4.79 Å². The zero-order valence-corrected chi connectivity index (χ0v) is 15.8. The molecule has 2 amide bonds. The maximum Gasteiger partial charge on any atom is 0.255 e. The second-order valence-corrected chi connectivity index (χ2v) is 6.40. The summed E-state index contributed by atoms with van der Waals surface area (Å²) >= 11 is 12.1. The van der Waals surface area contributed by atoms with Crippen LogP contribution in [0.3, 0.4) is 0 Å². The number of carbonyl (C=O) groups is 2. The molecule has 1 aromatic rings. The van der Waals surface area contributed by atoms with E-state index in [0.717, 1.165) is 6.42 Å². The van der Waals surface area contributed by atoms with Gasteiger partial charge in [0.1, 0.15) is 0 Å². The van der Waals surface area contributed by atoms with E-state index < -0.39 is 6.04 Å². The lowest BCUT2D eigenvalue weighted by atomic mass is 10.1. The van der Waals surface area contributed by atoms with E-state index in [4.69, 9.17) is 28.9 Å². The second kappa shape index (κ2) is 9.47. The van der Waals surface area contributed by atoms with Crippen molar-refractivity contribution in [1.82, 2.24) is 9.80 Å². The summed E-state index contributed by atoms with van der Waals surface area (Å²) in [5.41, 5.74) is 6.27. The van der Waals surface area contributed by atoms with Gasteiger partial charge in [0.25, 0.3) is 5.91 Å². The van der Waals surface area contributed by atoms with Gasteiger partial charge in [-0.15, -0.1) is 12.4 Å². The van der Waals surface area contributed by atoms with Crippen molar-refractivity contribution in [2.75, 3.05) is 26.2 Å². The van der Waals surface area contributed by atoms with Crippen molar-refractivity contribution in [3.8, 4) is 0 Å². The molecule has 1 aliphatic heterocycles. The van der Waals surface area contributed by atoms with Crippen LogP contribution in [-0.4, -0.2) is 53.8 Å². The van der Waals surface area contributed by atoms with Crippen LogP contribution in [0.4, 0.5) is 0 Å². The summed E-state index contributed by atoms with van der Waals surface area (Å²) in [6.45, 7) is 3.90. The third-order valence-electron chi connectivity index (χ3n) is 3.98. The summed E-state index contributed by atoms with van der Waals surface area (Å²) in [7, 11) is 0. The van der Waals surface area contributed by atoms with Crippen LogP contribution in [0.25, 0.3) is 0 Å². The number of rotatable bonds is 4. The molecule has 1 heterocycles. The van der Waals surface area contributed by atoms with E-state index in [0.29, 0.717) is 43.2 Å². The molecule has 2 rings (SSSR count). The Morgan fingerprint density at radius 3 is 2.33 bits per heavy atom. The van der Waals surface area contributed by atoms with Gasteiger partial charge >= 0.3 is 0 Å². The van der Waals surface area contributed by atoms with Crippen LogP contribution < -0.4 is 5.73 Å². The Morgan fingerprint density at radius 2 is 1.75 bits per heavy atom. The second-order valence-electron chi connectivity index (χ2n) is 5.61. The maximum absolute atomic E-state index is 12.5. The molecule has 1 unspecified atom stereocenters. The molecule has 0 bridgehead atoms. The average molecular weight is 395 g/mol. The van der Waals surface area contributed by atoms with Gasteiger partial charge in [-0.25, -0.2) is 0 Å². The third kappa shape index (κ3) is 4.76. The van der Waals surface area contributed by atoms with E-state index >= 15 is 0 Å². The van der Waals surface area contributed by atoms with Crippen LogP contribution in [0, 0.1) is 0 Å². The first kappa shape index (κ1) is 21.0. The van der Waals surface area contributed by atoms with E-state index in [1.807, 2.05) is 6.92 Å². The molecule has 2 N–H and O–H groups in total. The van der Waals surface area contributed by atoms with Crippen molar-refractivity contribution in [2.45, 2.75) is 25.8 Å². The summed E-state index contributed by atoms with van der Waals surface area (Å²) in [5, 5.41) is 0.625. The summed E-state index contributed by atoms with van der Waals surface area (Å²) in [5.74, 6) is -0.206. The molecule has 1 atom stereocenters. The highest BCUT2D eigenvalue weighted by atomic mass is 35.5. The van der Waals surface area contributed by atoms with Gasteiger partial charge in [-0.2, -0.15) is 0 Å². The fourth-order valence-electron chi connectivity index (χ4n) is 2.64. The van der Waals surface area contributed by atoms with E-state index in [1.54, 1.807) is 28.0 Å². The van der Waals surface area contributed by atoms with Gasteiger partial charge in [0.05, 0.1) is 21.7 Å². The van der Waals surface area contributed by atoms with Gasteiger partial charge in [0, 0.05) is 26.2 Å². The Balaban J connectivity index is 0.00000288. The number of carbonyl (C=O) groups excluding carboxylic acids is 2. The molecule has 1 aliphatic rings. The highest BCUT2D eigenvalue weighted by Crippen LogP contribution is 2.26. The van der Waals surface area contributed by atoms with Crippen LogP contribution in [0.15, 0.2) is 18.2 Å². The van der Waals surface area contributed by atoms with Crippen molar-refractivity contribution in [2.24, 2.45) is 5.73 Å². The molecule has 0 aliphatic carbocycles. The number of nitrogens with zero attached hydrogens (tertiary/aromatic N) is 2. The first-order valence-corrected chi connectivity index (χ1v) is 8.49. The predicted molar refractivity (Wildman–Crippen MR) is 99.1 cm³/mol. The molecule has 1 saturated heterocycles. The van der Waals surface area contributed by atoms with Gasteiger partial charge in [-0.3, -0.25) is 9.59 Å². The maximum atomic E-state index is 12.5. The number of halogens is 3. The molecule has 0 aromatic heterocycles. The Bertz CT molecular complexity index is 590. The van der Waals surface area contributed by atoms with Crippen molar-refractivity contribution >= 4 is 47.4 Å². The molecule has 0 saturated carbocycles. The standard InChI is InChI=1S/C16H21Cl2N3O2.ClH/c1-2-4-13(19)16(23)21-9-7-20(8-10-21)15(22)11-5-3-6-12(17)14(11)18;/h3,5-6,13H,2,4,7-10,19H2,1H3;1H. The van der Waals surface area contributed by atoms with E-state index in [2.05, 4.69) is 0 Å². The SMILES string of the molecule is CCCC(N)C(=O)N1CCN(C(=O)c2cccc(Cl)c2Cl)CC1.Cl. The zero-order chi connectivity index (χ0) is 17.0. The number of hydrogen-bond acceptors (Lipinski definition) is 3. The molecule has 24 heavy (non-hydrogen) atoms. The molecular weight excluding hydrogens is 373 g/mol. The summed E-state index contributed by atoms with van der Waals surface area (Å²) in [4.78, 5) is 28.1. The van der Waals surface area contributed by atoms with E-state index in [9.17, 15) is 9.59 Å². The number of hydrogen-bond donors (Lipinski definition) is 1. The van der Waals surface area contributed by atoms with Crippen molar-refractivity contribution in [3.05, 3.63) is 33.8 Å². The molecule has 5 nitrogen and oxygen atoms in total. The highest BCUT2D eigenvalue weighted by molar-refractivity contribution is 6.43.